The molecule has 0 amide bonds. The molecule has 0 fully saturated rings. The number of aromatic nitrogens is 3. The van der Waals surface area contributed by atoms with Gasteiger partial charge in [0.25, 0.3) is 11.8 Å². The van der Waals surface area contributed by atoms with E-state index in [1.165, 1.54) is 0 Å². The lowest BCUT2D eigenvalue weighted by molar-refractivity contribution is 0.218. The quantitative estimate of drug-likeness (QED) is 0.551. The van der Waals surface area contributed by atoms with E-state index in [1.807, 2.05) is 30.3 Å². The zero-order chi connectivity index (χ0) is 16.4. The fraction of sp³-hybridized carbons (Fsp3) is 0.118. The van der Waals surface area contributed by atoms with E-state index in [2.05, 4.69) is 15.2 Å². The van der Waals surface area contributed by atoms with Gasteiger partial charge >= 0.3 is 6.08 Å². The monoisotopic (exact) mass is 323 g/mol. The highest BCUT2D eigenvalue weighted by molar-refractivity contribution is 5.51. The van der Waals surface area contributed by atoms with Crippen molar-refractivity contribution in [2.24, 2.45) is 0 Å². The highest BCUT2D eigenvalue weighted by Crippen LogP contribution is 2.24. The minimum absolute atomic E-state index is 0.0794. The van der Waals surface area contributed by atoms with Crippen LogP contribution in [-0.4, -0.2) is 15.2 Å². The van der Waals surface area contributed by atoms with Gasteiger partial charge in [0.2, 0.25) is 0 Å². The predicted molar refractivity (Wildman–Crippen MR) is 83.0 cm³/mol. The van der Waals surface area contributed by atoms with Crippen LogP contribution in [0.25, 0.3) is 23.1 Å². The first-order chi connectivity index (χ1) is 11.8. The van der Waals surface area contributed by atoms with E-state index in [4.69, 9.17) is 18.0 Å². The Morgan fingerprint density at radius 2 is 1.83 bits per heavy atom. The number of hydrogen-bond donors (Lipinski definition) is 0. The summed E-state index contributed by atoms with van der Waals surface area (Å²) in [7, 11) is 0. The zero-order valence-electron chi connectivity index (χ0n) is 12.8. The maximum atomic E-state index is 5.57. The van der Waals surface area contributed by atoms with Crippen LogP contribution in [0.5, 0.6) is 6.08 Å². The Morgan fingerprint density at radius 3 is 2.62 bits per heavy atom. The average Bonchev–Trinajstić information content (AvgIpc) is 3.35. The van der Waals surface area contributed by atoms with Gasteiger partial charge in [-0.2, -0.15) is 0 Å². The summed E-state index contributed by atoms with van der Waals surface area (Å²) in [6.45, 7) is 1.97. The van der Waals surface area contributed by atoms with Crippen LogP contribution in [-0.2, 0) is 6.61 Å². The summed E-state index contributed by atoms with van der Waals surface area (Å²) in [5.74, 6) is 2.02. The third-order valence-corrected chi connectivity index (χ3v) is 3.38. The smallest absolute Gasteiger partial charge is 0.415 e. The molecule has 7 heteroatoms. The van der Waals surface area contributed by atoms with Gasteiger partial charge in [-0.05, 0) is 31.2 Å². The van der Waals surface area contributed by atoms with E-state index >= 15 is 0 Å². The summed E-state index contributed by atoms with van der Waals surface area (Å²) in [4.78, 5) is 4.36. The van der Waals surface area contributed by atoms with Crippen molar-refractivity contribution in [3.8, 4) is 29.2 Å². The molecule has 0 spiro atoms. The number of hydrogen-bond acceptors (Lipinski definition) is 7. The molecule has 0 saturated carbocycles. The van der Waals surface area contributed by atoms with Gasteiger partial charge in [0.15, 0.2) is 5.76 Å². The molecule has 0 bridgehead atoms. The largest absolute Gasteiger partial charge is 0.459 e. The first-order valence-electron chi connectivity index (χ1n) is 7.31. The van der Waals surface area contributed by atoms with E-state index in [9.17, 15) is 0 Å². The fourth-order valence-corrected chi connectivity index (χ4v) is 2.16. The number of ether oxygens (including phenoxy) is 1. The van der Waals surface area contributed by atoms with Crippen LogP contribution >= 0.6 is 0 Å². The average molecular weight is 323 g/mol. The van der Waals surface area contributed by atoms with Crippen molar-refractivity contribution in [3.05, 3.63) is 60.2 Å². The zero-order valence-corrected chi connectivity index (χ0v) is 12.8. The molecule has 0 radical (unpaired) electrons. The van der Waals surface area contributed by atoms with Crippen LogP contribution in [0.4, 0.5) is 0 Å². The number of furan rings is 1. The Kier molecular flexibility index (Phi) is 3.59. The van der Waals surface area contributed by atoms with Gasteiger partial charge in [-0.1, -0.05) is 23.3 Å². The standard InChI is InChI=1S/C17H13N3O4/c1-11-13(18-16(23-11)14-8-5-9-21-14)10-22-17-20-19-15(24-17)12-6-3-2-4-7-12/h2-9H,10H2,1H3. The second-order valence-electron chi connectivity index (χ2n) is 5.03. The summed E-state index contributed by atoms with van der Waals surface area (Å²) in [5.41, 5.74) is 1.47. The molecule has 4 rings (SSSR count). The number of aryl methyl sites for hydroxylation is 1. The maximum absolute atomic E-state index is 5.57. The van der Waals surface area contributed by atoms with Gasteiger partial charge in [0.05, 0.1) is 6.26 Å². The molecule has 0 unspecified atom stereocenters. The molecule has 3 heterocycles. The van der Waals surface area contributed by atoms with Crippen molar-refractivity contribution in [1.29, 1.82) is 0 Å². The van der Waals surface area contributed by atoms with Crippen LogP contribution in [0.2, 0.25) is 0 Å². The molecular weight excluding hydrogens is 310 g/mol. The van der Waals surface area contributed by atoms with Gasteiger partial charge in [-0.25, -0.2) is 4.98 Å². The van der Waals surface area contributed by atoms with Crippen molar-refractivity contribution in [3.63, 3.8) is 0 Å². The number of oxazole rings is 1. The summed E-state index contributed by atoms with van der Waals surface area (Å²) in [5, 5.41) is 7.84. The molecule has 0 aliphatic heterocycles. The summed E-state index contributed by atoms with van der Waals surface area (Å²) in [6, 6.07) is 13.0. The van der Waals surface area contributed by atoms with Crippen LogP contribution in [0, 0.1) is 6.92 Å². The Bertz CT molecular complexity index is 926. The second kappa shape index (κ2) is 6.04. The molecule has 0 aliphatic carbocycles. The molecule has 24 heavy (non-hydrogen) atoms. The van der Waals surface area contributed by atoms with Crippen molar-refractivity contribution >= 4 is 0 Å². The molecule has 3 aromatic heterocycles. The minimum Gasteiger partial charge on any atom is -0.459 e. The topological polar surface area (TPSA) is 87.3 Å². The van der Waals surface area contributed by atoms with Gasteiger partial charge in [0.1, 0.15) is 18.1 Å². The van der Waals surface area contributed by atoms with Crippen LogP contribution < -0.4 is 4.74 Å². The lowest BCUT2D eigenvalue weighted by Crippen LogP contribution is -1.97. The maximum Gasteiger partial charge on any atom is 0.415 e. The molecular formula is C17H13N3O4. The van der Waals surface area contributed by atoms with E-state index in [0.29, 0.717) is 29.0 Å². The van der Waals surface area contributed by atoms with Crippen LogP contribution in [0.3, 0.4) is 0 Å². The molecule has 120 valence electrons. The molecule has 7 nitrogen and oxygen atoms in total. The van der Waals surface area contributed by atoms with E-state index in [0.717, 1.165) is 5.56 Å². The van der Waals surface area contributed by atoms with Gasteiger partial charge in [0, 0.05) is 5.56 Å². The Hall–Kier alpha value is -3.35. The van der Waals surface area contributed by atoms with Crippen molar-refractivity contribution in [2.75, 3.05) is 0 Å². The number of rotatable bonds is 5. The Labute approximate surface area is 136 Å². The van der Waals surface area contributed by atoms with Gasteiger partial charge in [-0.15, -0.1) is 5.10 Å². The minimum atomic E-state index is 0.0794. The summed E-state index contributed by atoms with van der Waals surface area (Å²) < 4.78 is 21.8. The summed E-state index contributed by atoms with van der Waals surface area (Å²) in [6.07, 6.45) is 1.64. The molecule has 0 saturated heterocycles. The summed E-state index contributed by atoms with van der Waals surface area (Å²) >= 11 is 0. The highest BCUT2D eigenvalue weighted by atomic mass is 16.6. The van der Waals surface area contributed by atoms with Crippen LogP contribution in [0.15, 0.2) is 62.0 Å². The normalized spacial score (nSPS) is 10.9. The molecule has 0 N–H and O–H groups in total. The van der Waals surface area contributed by atoms with E-state index in [-0.39, 0.29) is 12.7 Å². The molecule has 1 aromatic carbocycles. The van der Waals surface area contributed by atoms with Gasteiger partial charge < -0.3 is 18.0 Å². The lowest BCUT2D eigenvalue weighted by atomic mass is 10.2. The number of nitrogens with zero attached hydrogens (tertiary/aromatic N) is 3. The third-order valence-electron chi connectivity index (χ3n) is 3.38. The molecule has 0 aliphatic rings. The second-order valence-corrected chi connectivity index (χ2v) is 5.03. The molecule has 0 atom stereocenters. The van der Waals surface area contributed by atoms with Gasteiger partial charge in [-0.3, -0.25) is 0 Å². The van der Waals surface area contributed by atoms with E-state index in [1.54, 1.807) is 25.3 Å². The van der Waals surface area contributed by atoms with Crippen LogP contribution in [0.1, 0.15) is 11.5 Å². The van der Waals surface area contributed by atoms with Crippen molar-refractivity contribution in [2.45, 2.75) is 13.5 Å². The Balaban J connectivity index is 1.47. The highest BCUT2D eigenvalue weighted by Gasteiger charge is 2.15. The fourth-order valence-electron chi connectivity index (χ4n) is 2.16. The Morgan fingerprint density at radius 1 is 0.958 bits per heavy atom. The van der Waals surface area contributed by atoms with Crippen molar-refractivity contribution < 1.29 is 18.0 Å². The third kappa shape index (κ3) is 2.79. The predicted octanol–water partition coefficient (Wildman–Crippen LogP) is 3.87. The first-order valence-corrected chi connectivity index (χ1v) is 7.31. The first kappa shape index (κ1) is 14.3. The number of benzene rings is 1. The van der Waals surface area contributed by atoms with Crippen molar-refractivity contribution in [1.82, 2.24) is 15.2 Å². The lowest BCUT2D eigenvalue weighted by Gasteiger charge is -1.97. The SMILES string of the molecule is Cc1oc(-c2ccco2)nc1COc1nnc(-c2ccccc2)o1. The van der Waals surface area contributed by atoms with E-state index < -0.39 is 0 Å². The molecule has 4 aromatic rings.